The van der Waals surface area contributed by atoms with Crippen LogP contribution in [-0.2, 0) is 0 Å². The molecule has 3 rings (SSSR count). The summed E-state index contributed by atoms with van der Waals surface area (Å²) in [5.41, 5.74) is 1.06. The Morgan fingerprint density at radius 3 is 2.88 bits per heavy atom. The molecule has 5 heteroatoms. The molecule has 0 saturated heterocycles. The predicted octanol–water partition coefficient (Wildman–Crippen LogP) is 1.94. The first-order valence-corrected chi connectivity index (χ1v) is 4.63. The molecule has 2 aromatic rings. The molecule has 0 unspecified atom stereocenters. The molecule has 0 saturated carbocycles. The molecule has 2 heterocycles. The van der Waals surface area contributed by atoms with Crippen molar-refractivity contribution in [3.05, 3.63) is 30.0 Å². The molecule has 0 atom stereocenters. The zero-order chi connectivity index (χ0) is 11.0. The van der Waals surface area contributed by atoms with Crippen LogP contribution < -0.4 is 9.47 Å². The van der Waals surface area contributed by atoms with E-state index >= 15 is 0 Å². The third-order valence-corrected chi connectivity index (χ3v) is 2.28. The molecule has 0 fully saturated rings. The number of ether oxygens (including phenoxy) is 2. The molecule has 1 aliphatic heterocycles. The van der Waals surface area contributed by atoms with Crippen molar-refractivity contribution in [2.24, 2.45) is 0 Å². The van der Waals surface area contributed by atoms with Gasteiger partial charge in [-0.05, 0) is 18.2 Å². The molecule has 0 N–H and O–H groups in total. The van der Waals surface area contributed by atoms with Gasteiger partial charge in [0.2, 0.25) is 6.79 Å². The minimum Gasteiger partial charge on any atom is -0.454 e. The van der Waals surface area contributed by atoms with Gasteiger partial charge in [0.05, 0.1) is 0 Å². The van der Waals surface area contributed by atoms with E-state index in [0.717, 1.165) is 5.56 Å². The molecular weight excluding hydrogens is 208 g/mol. The minimum atomic E-state index is 0.235. The van der Waals surface area contributed by atoms with Gasteiger partial charge in [-0.25, -0.2) is 0 Å². The maximum Gasteiger partial charge on any atom is 0.231 e. The summed E-state index contributed by atoms with van der Waals surface area (Å²) in [7, 11) is 0. The summed E-state index contributed by atoms with van der Waals surface area (Å²) in [5, 5.41) is 12.2. The Bertz CT molecular complexity index is 583. The molecule has 0 amide bonds. The quantitative estimate of drug-likeness (QED) is 0.725. The molecule has 5 nitrogen and oxygen atoms in total. The van der Waals surface area contributed by atoms with E-state index in [1.165, 1.54) is 0 Å². The second-order valence-corrected chi connectivity index (χ2v) is 3.26. The Morgan fingerprint density at radius 1 is 1.19 bits per heavy atom. The first kappa shape index (κ1) is 8.80. The third kappa shape index (κ3) is 1.28. The van der Waals surface area contributed by atoms with E-state index in [4.69, 9.17) is 19.3 Å². The van der Waals surface area contributed by atoms with Gasteiger partial charge in [-0.15, -0.1) is 0 Å². The molecule has 1 aliphatic rings. The lowest BCUT2D eigenvalue weighted by atomic mass is 10.1. The fourth-order valence-corrected chi connectivity index (χ4v) is 1.51. The number of benzene rings is 1. The van der Waals surface area contributed by atoms with Crippen LogP contribution in [0.1, 0.15) is 5.69 Å². The van der Waals surface area contributed by atoms with Crippen molar-refractivity contribution in [2.75, 3.05) is 6.79 Å². The van der Waals surface area contributed by atoms with Gasteiger partial charge >= 0.3 is 0 Å². The number of fused-ring (bicyclic) bond motifs is 1. The molecule has 1 aromatic heterocycles. The smallest absolute Gasteiger partial charge is 0.231 e. The van der Waals surface area contributed by atoms with Crippen LogP contribution in [0.3, 0.4) is 0 Å². The highest BCUT2D eigenvalue weighted by Crippen LogP contribution is 2.35. The van der Waals surface area contributed by atoms with Crippen LogP contribution in [0.2, 0.25) is 0 Å². The van der Waals surface area contributed by atoms with E-state index < -0.39 is 0 Å². The predicted molar refractivity (Wildman–Crippen MR) is 52.8 cm³/mol. The molecule has 16 heavy (non-hydrogen) atoms. The number of nitriles is 1. The monoisotopic (exact) mass is 214 g/mol. The molecule has 1 aromatic carbocycles. The number of hydrogen-bond donors (Lipinski definition) is 0. The summed E-state index contributed by atoms with van der Waals surface area (Å²) in [5.74, 6) is 1.92. The van der Waals surface area contributed by atoms with Gasteiger partial charge in [0.15, 0.2) is 23.0 Å². The van der Waals surface area contributed by atoms with E-state index in [9.17, 15) is 0 Å². The lowest BCUT2D eigenvalue weighted by molar-refractivity contribution is 0.174. The average molecular weight is 214 g/mol. The molecule has 0 spiro atoms. The topological polar surface area (TPSA) is 68.3 Å². The van der Waals surface area contributed by atoms with Gasteiger partial charge in [-0.2, -0.15) is 5.26 Å². The van der Waals surface area contributed by atoms with Crippen molar-refractivity contribution in [1.29, 1.82) is 5.26 Å². The highest BCUT2D eigenvalue weighted by Gasteiger charge is 2.15. The number of rotatable bonds is 1. The summed E-state index contributed by atoms with van der Waals surface area (Å²) in [6.45, 7) is 0.235. The van der Waals surface area contributed by atoms with Gasteiger partial charge in [0.25, 0.3) is 0 Å². The lowest BCUT2D eigenvalue weighted by Crippen LogP contribution is -1.92. The molecule has 0 radical (unpaired) electrons. The van der Waals surface area contributed by atoms with E-state index in [1.807, 2.05) is 12.1 Å². The van der Waals surface area contributed by atoms with Gasteiger partial charge in [-0.1, -0.05) is 5.16 Å². The van der Waals surface area contributed by atoms with Crippen molar-refractivity contribution < 1.29 is 14.0 Å². The van der Waals surface area contributed by atoms with Crippen molar-refractivity contribution in [1.82, 2.24) is 5.16 Å². The average Bonchev–Trinajstić information content (AvgIpc) is 2.96. The van der Waals surface area contributed by atoms with Crippen molar-refractivity contribution >= 4 is 0 Å². The highest BCUT2D eigenvalue weighted by atomic mass is 16.7. The van der Waals surface area contributed by atoms with E-state index in [-0.39, 0.29) is 12.5 Å². The van der Waals surface area contributed by atoms with Gasteiger partial charge in [-0.3, -0.25) is 0 Å². The second-order valence-electron chi connectivity index (χ2n) is 3.26. The fourth-order valence-electron chi connectivity index (χ4n) is 1.51. The number of aromatic nitrogens is 1. The van der Waals surface area contributed by atoms with E-state index in [2.05, 4.69) is 5.16 Å². The zero-order valence-electron chi connectivity index (χ0n) is 8.14. The lowest BCUT2D eigenvalue weighted by Gasteiger charge is -1.97. The maximum absolute atomic E-state index is 8.64. The first-order chi connectivity index (χ1) is 7.86. The fraction of sp³-hybridized carbons (Fsp3) is 0.0909. The Morgan fingerprint density at radius 2 is 2.06 bits per heavy atom. The molecular formula is C11H6N2O3. The van der Waals surface area contributed by atoms with Crippen LogP contribution in [-0.4, -0.2) is 11.9 Å². The first-order valence-electron chi connectivity index (χ1n) is 4.63. The van der Waals surface area contributed by atoms with Crippen LogP contribution in [0.5, 0.6) is 11.5 Å². The second kappa shape index (κ2) is 3.28. The summed E-state index contributed by atoms with van der Waals surface area (Å²) in [4.78, 5) is 0. The standard InChI is InChI=1S/C11H6N2O3/c12-5-8-4-10(16-13-8)7-1-2-9-11(3-7)15-6-14-9/h1-4H,6H2. The highest BCUT2D eigenvalue weighted by molar-refractivity contribution is 5.63. The Labute approximate surface area is 90.8 Å². The van der Waals surface area contributed by atoms with Crippen LogP contribution in [0, 0.1) is 11.3 Å². The largest absolute Gasteiger partial charge is 0.454 e. The molecule has 0 aliphatic carbocycles. The normalized spacial score (nSPS) is 12.4. The van der Waals surface area contributed by atoms with Crippen molar-refractivity contribution in [3.63, 3.8) is 0 Å². The van der Waals surface area contributed by atoms with Gasteiger partial charge < -0.3 is 14.0 Å². The summed E-state index contributed by atoms with van der Waals surface area (Å²) < 4.78 is 15.5. The SMILES string of the molecule is N#Cc1cc(-c2ccc3c(c2)OCO3)on1. The number of hydrogen-bond acceptors (Lipinski definition) is 5. The van der Waals surface area contributed by atoms with Crippen molar-refractivity contribution in [2.45, 2.75) is 0 Å². The van der Waals surface area contributed by atoms with Gasteiger partial charge in [0, 0.05) is 11.6 Å². The molecule has 0 bridgehead atoms. The number of nitrogens with zero attached hydrogens (tertiary/aromatic N) is 2. The summed E-state index contributed by atoms with van der Waals surface area (Å²) in [6.07, 6.45) is 0. The van der Waals surface area contributed by atoms with Crippen LogP contribution in [0.25, 0.3) is 11.3 Å². The zero-order valence-corrected chi connectivity index (χ0v) is 8.14. The minimum absolute atomic E-state index is 0.235. The Hall–Kier alpha value is -2.48. The molecule has 78 valence electrons. The Kier molecular flexibility index (Phi) is 1.80. The maximum atomic E-state index is 8.64. The van der Waals surface area contributed by atoms with E-state index in [1.54, 1.807) is 18.2 Å². The Balaban J connectivity index is 2.04. The van der Waals surface area contributed by atoms with Crippen LogP contribution in [0.15, 0.2) is 28.8 Å². The van der Waals surface area contributed by atoms with Crippen LogP contribution >= 0.6 is 0 Å². The van der Waals surface area contributed by atoms with Gasteiger partial charge in [0.1, 0.15) is 6.07 Å². The van der Waals surface area contributed by atoms with Crippen LogP contribution in [0.4, 0.5) is 0 Å². The van der Waals surface area contributed by atoms with Crippen molar-refractivity contribution in [3.8, 4) is 28.9 Å². The summed E-state index contributed by atoms with van der Waals surface area (Å²) >= 11 is 0. The third-order valence-electron chi connectivity index (χ3n) is 2.28. The van der Waals surface area contributed by atoms with E-state index in [0.29, 0.717) is 17.3 Å². The summed E-state index contributed by atoms with van der Waals surface area (Å²) in [6, 6.07) is 8.91.